The molecule has 1 atom stereocenters. The van der Waals surface area contributed by atoms with Crippen LogP contribution in [0.4, 0.5) is 0 Å². The molecule has 2 N–H and O–H groups in total. The first-order valence-electron chi connectivity index (χ1n) is 7.39. The Labute approximate surface area is 158 Å². The van der Waals surface area contributed by atoms with E-state index in [-0.39, 0.29) is 0 Å². The van der Waals surface area contributed by atoms with Gasteiger partial charge in [0, 0.05) is 4.47 Å². The Balaban J connectivity index is 2.23. The lowest BCUT2D eigenvalue weighted by molar-refractivity contribution is -0.136. The molecule has 1 aromatic carbocycles. The van der Waals surface area contributed by atoms with Crippen LogP contribution in [-0.2, 0) is 9.53 Å². The number of carbonyl (C=O) groups is 1. The minimum atomic E-state index is -0.504. The molecule has 2 heterocycles. The highest BCUT2D eigenvalue weighted by Gasteiger charge is 2.42. The zero-order valence-corrected chi connectivity index (χ0v) is 16.2. The number of aliphatic imine (C=N–C) groups is 1. The van der Waals surface area contributed by atoms with Gasteiger partial charge in [-0.05, 0) is 42.8 Å². The number of thioether (sulfide) groups is 1. The molecular weight excluding hydrogens is 404 g/mol. The number of nitrogens with two attached hydrogens (primary N) is 1. The summed E-state index contributed by atoms with van der Waals surface area (Å²) >= 11 is 4.74. The summed E-state index contributed by atoms with van der Waals surface area (Å²) < 4.78 is 5.89. The van der Waals surface area contributed by atoms with Crippen LogP contribution in [0.2, 0.25) is 0 Å². The summed E-state index contributed by atoms with van der Waals surface area (Å²) in [5, 5.41) is 9.89. The third-order valence-corrected chi connectivity index (χ3v) is 5.92. The fourth-order valence-electron chi connectivity index (χ4n) is 2.81. The van der Waals surface area contributed by atoms with Crippen LogP contribution < -0.4 is 5.73 Å². The highest BCUT2D eigenvalue weighted by Crippen LogP contribution is 2.45. The Bertz CT molecular complexity index is 914. The van der Waals surface area contributed by atoms with E-state index in [1.807, 2.05) is 25.1 Å². The molecule has 6 nitrogen and oxygen atoms in total. The second-order valence-corrected chi connectivity index (χ2v) is 7.43. The largest absolute Gasteiger partial charge is 0.466 e. The van der Waals surface area contributed by atoms with Crippen molar-refractivity contribution in [3.63, 3.8) is 0 Å². The van der Waals surface area contributed by atoms with Gasteiger partial charge in [0.2, 0.25) is 0 Å². The SMILES string of the molecule is COC(=O)C1=C(C)N=C2SC(C#N)=C(N)N2[C@@H]1c1ccc(C)c(Br)c1. The Morgan fingerprint density at radius 2 is 2.20 bits per heavy atom. The average molecular weight is 419 g/mol. The number of nitrogens with zero attached hydrogens (tertiary/aromatic N) is 3. The highest BCUT2D eigenvalue weighted by atomic mass is 79.9. The number of hydrogen-bond acceptors (Lipinski definition) is 7. The van der Waals surface area contributed by atoms with Crippen LogP contribution in [0.1, 0.15) is 24.1 Å². The Hall–Kier alpha value is -2.24. The smallest absolute Gasteiger partial charge is 0.338 e. The maximum Gasteiger partial charge on any atom is 0.338 e. The predicted molar refractivity (Wildman–Crippen MR) is 100 cm³/mol. The van der Waals surface area contributed by atoms with Crippen LogP contribution >= 0.6 is 27.7 Å². The maximum absolute atomic E-state index is 12.4. The first-order chi connectivity index (χ1) is 11.9. The number of methoxy groups -OCH3 is 1. The number of benzene rings is 1. The van der Waals surface area contributed by atoms with Crippen LogP contribution in [0, 0.1) is 18.3 Å². The van der Waals surface area contributed by atoms with Gasteiger partial charge in [0.05, 0.1) is 24.4 Å². The quantitative estimate of drug-likeness (QED) is 0.740. The van der Waals surface area contributed by atoms with Crippen molar-refractivity contribution in [1.82, 2.24) is 4.90 Å². The van der Waals surface area contributed by atoms with E-state index in [4.69, 9.17) is 10.5 Å². The van der Waals surface area contributed by atoms with Gasteiger partial charge in [-0.15, -0.1) is 0 Å². The molecule has 0 saturated carbocycles. The van der Waals surface area contributed by atoms with Crippen molar-refractivity contribution in [1.29, 1.82) is 5.26 Å². The molecule has 3 rings (SSSR count). The number of aryl methyl sites for hydroxylation is 1. The van der Waals surface area contributed by atoms with Gasteiger partial charge in [-0.1, -0.05) is 28.1 Å². The van der Waals surface area contributed by atoms with E-state index < -0.39 is 12.0 Å². The van der Waals surface area contributed by atoms with Crippen molar-refractivity contribution in [3.05, 3.63) is 55.8 Å². The molecule has 8 heteroatoms. The number of halogens is 1. The van der Waals surface area contributed by atoms with Gasteiger partial charge in [0.25, 0.3) is 0 Å². The third-order valence-electron chi connectivity index (χ3n) is 4.09. The minimum Gasteiger partial charge on any atom is -0.466 e. The van der Waals surface area contributed by atoms with E-state index in [0.29, 0.717) is 27.2 Å². The summed E-state index contributed by atoms with van der Waals surface area (Å²) in [7, 11) is 1.34. The summed E-state index contributed by atoms with van der Waals surface area (Å²) in [5.41, 5.74) is 9.07. The van der Waals surface area contributed by atoms with Crippen molar-refractivity contribution in [3.8, 4) is 6.07 Å². The second kappa shape index (κ2) is 6.58. The van der Waals surface area contributed by atoms with E-state index in [1.165, 1.54) is 18.9 Å². The van der Waals surface area contributed by atoms with Crippen LogP contribution in [0.25, 0.3) is 0 Å². The molecule has 2 aliphatic heterocycles. The average Bonchev–Trinajstić information content (AvgIpc) is 2.91. The molecule has 0 amide bonds. The van der Waals surface area contributed by atoms with Gasteiger partial charge in [0.15, 0.2) is 5.17 Å². The monoisotopic (exact) mass is 418 g/mol. The van der Waals surface area contributed by atoms with Gasteiger partial charge in [-0.2, -0.15) is 5.26 Å². The lowest BCUT2D eigenvalue weighted by atomic mass is 9.94. The summed E-state index contributed by atoms with van der Waals surface area (Å²) in [5.74, 6) is -0.174. The molecule has 0 spiro atoms. The summed E-state index contributed by atoms with van der Waals surface area (Å²) in [6.45, 7) is 3.74. The molecule has 25 heavy (non-hydrogen) atoms. The van der Waals surface area contributed by atoms with E-state index in [0.717, 1.165) is 15.6 Å². The Morgan fingerprint density at radius 1 is 1.48 bits per heavy atom. The van der Waals surface area contributed by atoms with Gasteiger partial charge < -0.3 is 10.5 Å². The minimum absolute atomic E-state index is 0.293. The molecule has 2 aliphatic rings. The summed E-state index contributed by atoms with van der Waals surface area (Å²) in [6.07, 6.45) is 0. The van der Waals surface area contributed by atoms with E-state index >= 15 is 0 Å². The fourth-order valence-corrected chi connectivity index (χ4v) is 4.12. The molecule has 0 aromatic heterocycles. The molecule has 128 valence electrons. The number of nitriles is 1. The zero-order chi connectivity index (χ0) is 18.3. The fraction of sp³-hybridized carbons (Fsp3) is 0.235. The van der Waals surface area contributed by atoms with E-state index in [1.54, 1.807) is 11.8 Å². The number of ether oxygens (including phenoxy) is 1. The van der Waals surface area contributed by atoms with Crippen molar-refractivity contribution in [2.75, 3.05) is 7.11 Å². The van der Waals surface area contributed by atoms with Gasteiger partial charge in [0.1, 0.15) is 16.8 Å². The Kier molecular flexibility index (Phi) is 4.62. The molecule has 0 saturated heterocycles. The van der Waals surface area contributed by atoms with Gasteiger partial charge >= 0.3 is 5.97 Å². The maximum atomic E-state index is 12.4. The van der Waals surface area contributed by atoms with Crippen LogP contribution in [0.3, 0.4) is 0 Å². The lowest BCUT2D eigenvalue weighted by Crippen LogP contribution is -2.38. The van der Waals surface area contributed by atoms with Gasteiger partial charge in [-0.25, -0.2) is 9.79 Å². The standard InChI is InChI=1S/C17H15BrN4O2S/c1-8-4-5-10(6-11(8)18)14-13(16(23)24-3)9(2)21-17-22(14)15(20)12(7-19)25-17/h4-6,14H,20H2,1-3H3/t14-/m1/s1. The molecule has 0 radical (unpaired) electrons. The lowest BCUT2D eigenvalue weighted by Gasteiger charge is -2.34. The number of rotatable bonds is 2. The van der Waals surface area contributed by atoms with Crippen molar-refractivity contribution in [2.24, 2.45) is 10.7 Å². The number of amidine groups is 1. The van der Waals surface area contributed by atoms with Gasteiger partial charge in [-0.3, -0.25) is 4.90 Å². The van der Waals surface area contributed by atoms with Crippen LogP contribution in [0.5, 0.6) is 0 Å². The predicted octanol–water partition coefficient (Wildman–Crippen LogP) is 3.32. The van der Waals surface area contributed by atoms with E-state index in [2.05, 4.69) is 27.0 Å². The third kappa shape index (κ3) is 2.83. The number of fused-ring (bicyclic) bond motifs is 1. The molecule has 1 aromatic rings. The Morgan fingerprint density at radius 3 is 2.80 bits per heavy atom. The molecule has 0 bridgehead atoms. The number of hydrogen-bond donors (Lipinski definition) is 1. The highest BCUT2D eigenvalue weighted by molar-refractivity contribution is 9.10. The number of allylic oxidation sites excluding steroid dienone is 2. The normalized spacial score (nSPS) is 19.6. The first kappa shape index (κ1) is 17.6. The first-order valence-corrected chi connectivity index (χ1v) is 9.00. The number of carbonyl (C=O) groups excluding carboxylic acids is 1. The molecule has 0 aliphatic carbocycles. The summed E-state index contributed by atoms with van der Waals surface area (Å²) in [6, 6.07) is 7.43. The van der Waals surface area contributed by atoms with Crippen molar-refractivity contribution >= 4 is 38.8 Å². The molecule has 0 unspecified atom stereocenters. The second-order valence-electron chi connectivity index (χ2n) is 5.59. The summed E-state index contributed by atoms with van der Waals surface area (Å²) in [4.78, 5) is 19.0. The molecular formula is C17H15BrN4O2S. The topological polar surface area (TPSA) is 91.7 Å². The number of esters is 1. The van der Waals surface area contributed by atoms with E-state index in [9.17, 15) is 10.1 Å². The van der Waals surface area contributed by atoms with Crippen LogP contribution in [0.15, 0.2) is 49.7 Å². The molecule has 0 fully saturated rings. The van der Waals surface area contributed by atoms with Crippen molar-refractivity contribution < 1.29 is 9.53 Å². The van der Waals surface area contributed by atoms with Crippen molar-refractivity contribution in [2.45, 2.75) is 19.9 Å². The van der Waals surface area contributed by atoms with Crippen LogP contribution in [-0.4, -0.2) is 23.1 Å². The zero-order valence-electron chi connectivity index (χ0n) is 13.8.